The van der Waals surface area contributed by atoms with Crippen LogP contribution in [-0.2, 0) is 0 Å². The number of rotatable bonds is 3. The van der Waals surface area contributed by atoms with Crippen molar-refractivity contribution in [3.8, 4) is 0 Å². The molecule has 0 saturated carbocycles. The minimum Gasteiger partial charge on any atom is -0.336 e. The second-order valence-corrected chi connectivity index (χ2v) is 6.07. The van der Waals surface area contributed by atoms with E-state index >= 15 is 0 Å². The van der Waals surface area contributed by atoms with E-state index in [0.717, 1.165) is 43.1 Å². The molecule has 20 heavy (non-hydrogen) atoms. The summed E-state index contributed by atoms with van der Waals surface area (Å²) in [7, 11) is 0. The molecule has 0 N–H and O–H groups in total. The number of carbonyl (C=O) groups excluding carboxylic acids is 1. The Balaban J connectivity index is 2.27. The lowest BCUT2D eigenvalue weighted by Crippen LogP contribution is -2.44. The molecule has 1 fully saturated rings. The molecule has 0 radical (unpaired) electrons. The highest BCUT2D eigenvalue weighted by Gasteiger charge is 2.29. The van der Waals surface area contributed by atoms with Gasteiger partial charge >= 0.3 is 0 Å². The summed E-state index contributed by atoms with van der Waals surface area (Å²) in [5, 5.41) is 0.466. The zero-order valence-corrected chi connectivity index (χ0v) is 13.2. The molecular weight excluding hydrogens is 352 g/mol. The highest BCUT2D eigenvalue weighted by atomic mass is 79.9. The van der Waals surface area contributed by atoms with Gasteiger partial charge in [-0.1, -0.05) is 27.5 Å². The zero-order valence-electron chi connectivity index (χ0n) is 10.8. The molecule has 6 heteroatoms. The summed E-state index contributed by atoms with van der Waals surface area (Å²) >= 11 is 8.87. The third-order valence-corrected chi connectivity index (χ3v) is 4.32. The van der Waals surface area contributed by atoms with E-state index in [9.17, 15) is 13.6 Å². The Morgan fingerprint density at radius 2 is 2.10 bits per heavy atom. The number of hydrogen-bond donors (Lipinski definition) is 0. The zero-order chi connectivity index (χ0) is 14.7. The van der Waals surface area contributed by atoms with E-state index in [-0.39, 0.29) is 16.6 Å². The van der Waals surface area contributed by atoms with E-state index in [1.165, 1.54) is 0 Å². The van der Waals surface area contributed by atoms with Crippen molar-refractivity contribution in [3.63, 3.8) is 0 Å². The van der Waals surface area contributed by atoms with Crippen LogP contribution < -0.4 is 0 Å². The lowest BCUT2D eigenvalue weighted by Gasteiger charge is -2.35. The van der Waals surface area contributed by atoms with Gasteiger partial charge in [0.25, 0.3) is 5.91 Å². The number of alkyl halides is 1. The Morgan fingerprint density at radius 3 is 2.80 bits per heavy atom. The van der Waals surface area contributed by atoms with E-state index in [1.807, 2.05) is 0 Å². The van der Waals surface area contributed by atoms with Crippen molar-refractivity contribution in [3.05, 3.63) is 34.4 Å². The second kappa shape index (κ2) is 6.85. The summed E-state index contributed by atoms with van der Waals surface area (Å²) in [5.41, 5.74) is -0.242. The molecule has 1 saturated heterocycles. The lowest BCUT2D eigenvalue weighted by atomic mass is 9.98. The van der Waals surface area contributed by atoms with Gasteiger partial charge < -0.3 is 4.90 Å². The van der Waals surface area contributed by atoms with Gasteiger partial charge in [0, 0.05) is 17.9 Å². The van der Waals surface area contributed by atoms with Crippen molar-refractivity contribution in [1.29, 1.82) is 0 Å². The van der Waals surface area contributed by atoms with Gasteiger partial charge in [0.15, 0.2) is 0 Å². The van der Waals surface area contributed by atoms with Gasteiger partial charge in [-0.2, -0.15) is 0 Å². The number of benzene rings is 1. The van der Waals surface area contributed by atoms with Crippen molar-refractivity contribution < 1.29 is 13.6 Å². The Kier molecular flexibility index (Phi) is 5.38. The monoisotopic (exact) mass is 365 g/mol. The fraction of sp³-hybridized carbons (Fsp3) is 0.500. The molecule has 1 aromatic carbocycles. The molecule has 0 bridgehead atoms. The lowest BCUT2D eigenvalue weighted by molar-refractivity contribution is 0.0604. The summed E-state index contributed by atoms with van der Waals surface area (Å²) in [4.78, 5) is 14.1. The van der Waals surface area contributed by atoms with Crippen LogP contribution in [0.4, 0.5) is 8.78 Å². The Labute approximate surface area is 130 Å². The van der Waals surface area contributed by atoms with Crippen molar-refractivity contribution >= 4 is 33.4 Å². The smallest absolute Gasteiger partial charge is 0.257 e. The Morgan fingerprint density at radius 1 is 1.35 bits per heavy atom. The summed E-state index contributed by atoms with van der Waals surface area (Å²) < 4.78 is 27.3. The van der Waals surface area contributed by atoms with Crippen LogP contribution in [0.15, 0.2) is 12.1 Å². The van der Waals surface area contributed by atoms with Crippen molar-refractivity contribution in [2.45, 2.75) is 31.7 Å². The van der Waals surface area contributed by atoms with E-state index < -0.39 is 17.5 Å². The van der Waals surface area contributed by atoms with Crippen LogP contribution in [0.3, 0.4) is 0 Å². The molecule has 1 aliphatic rings. The first-order valence-corrected chi connectivity index (χ1v) is 8.06. The molecule has 0 aliphatic carbocycles. The van der Waals surface area contributed by atoms with Gasteiger partial charge in [0.05, 0.1) is 10.6 Å². The van der Waals surface area contributed by atoms with Gasteiger partial charge in [-0.05, 0) is 37.8 Å². The van der Waals surface area contributed by atoms with Crippen LogP contribution >= 0.6 is 27.5 Å². The number of amides is 1. The average Bonchev–Trinajstić information content (AvgIpc) is 2.43. The molecule has 0 aromatic heterocycles. The van der Waals surface area contributed by atoms with Gasteiger partial charge in [-0.25, -0.2) is 8.78 Å². The van der Waals surface area contributed by atoms with Crippen LogP contribution in [0.5, 0.6) is 0 Å². The molecule has 1 heterocycles. The maximum atomic E-state index is 13.8. The standard InChI is InChI=1S/C14H15BrClF2NO/c15-5-4-9-3-1-2-6-19(9)14(20)10-7-13(18)11(16)8-12(10)17/h7-9H,1-6H2. The summed E-state index contributed by atoms with van der Waals surface area (Å²) in [5.74, 6) is -2.00. The van der Waals surface area contributed by atoms with Crippen LogP contribution in [0.25, 0.3) is 0 Å². The highest BCUT2D eigenvalue weighted by molar-refractivity contribution is 9.09. The number of halogens is 4. The molecule has 2 nitrogen and oxygen atoms in total. The van der Waals surface area contributed by atoms with Crippen LogP contribution in [0.1, 0.15) is 36.0 Å². The van der Waals surface area contributed by atoms with Gasteiger partial charge in [-0.3, -0.25) is 4.79 Å². The van der Waals surface area contributed by atoms with Crippen molar-refractivity contribution in [2.24, 2.45) is 0 Å². The molecule has 1 aliphatic heterocycles. The molecular formula is C14H15BrClF2NO. The van der Waals surface area contributed by atoms with Crippen LogP contribution in [0, 0.1) is 11.6 Å². The number of nitrogens with zero attached hydrogens (tertiary/aromatic N) is 1. The first-order valence-electron chi connectivity index (χ1n) is 6.56. The van der Waals surface area contributed by atoms with Crippen molar-refractivity contribution in [2.75, 3.05) is 11.9 Å². The topological polar surface area (TPSA) is 20.3 Å². The Hall–Kier alpha value is -0.680. The molecule has 1 aromatic rings. The number of piperidine rings is 1. The van der Waals surface area contributed by atoms with Crippen LogP contribution in [-0.4, -0.2) is 28.7 Å². The van der Waals surface area contributed by atoms with Crippen molar-refractivity contribution in [1.82, 2.24) is 4.90 Å². The summed E-state index contributed by atoms with van der Waals surface area (Å²) in [6.45, 7) is 0.584. The Bertz CT molecular complexity index is 510. The molecule has 110 valence electrons. The van der Waals surface area contributed by atoms with E-state index in [0.29, 0.717) is 6.54 Å². The first-order chi connectivity index (χ1) is 9.54. The largest absolute Gasteiger partial charge is 0.336 e. The minimum absolute atomic E-state index is 0.0776. The fourth-order valence-corrected chi connectivity index (χ4v) is 3.21. The number of carbonyl (C=O) groups is 1. The average molecular weight is 367 g/mol. The second-order valence-electron chi connectivity index (χ2n) is 4.87. The first kappa shape index (κ1) is 15.7. The normalized spacial score (nSPS) is 19.2. The number of likely N-dealkylation sites (tertiary alicyclic amines) is 1. The fourth-order valence-electron chi connectivity index (χ4n) is 2.54. The third kappa shape index (κ3) is 3.31. The van der Waals surface area contributed by atoms with E-state index in [1.54, 1.807) is 4.90 Å². The number of hydrogen-bond acceptors (Lipinski definition) is 1. The van der Waals surface area contributed by atoms with Crippen LogP contribution in [0.2, 0.25) is 5.02 Å². The predicted octanol–water partition coefficient (Wildman–Crippen LogP) is 4.40. The van der Waals surface area contributed by atoms with Gasteiger partial charge in [-0.15, -0.1) is 0 Å². The van der Waals surface area contributed by atoms with Gasteiger partial charge in [0.2, 0.25) is 0 Å². The third-order valence-electron chi connectivity index (χ3n) is 3.57. The van der Waals surface area contributed by atoms with E-state index in [4.69, 9.17) is 11.6 Å². The maximum Gasteiger partial charge on any atom is 0.257 e. The molecule has 1 amide bonds. The highest BCUT2D eigenvalue weighted by Crippen LogP contribution is 2.25. The molecule has 1 unspecified atom stereocenters. The predicted molar refractivity (Wildman–Crippen MR) is 78.5 cm³/mol. The quantitative estimate of drug-likeness (QED) is 0.573. The molecule has 0 spiro atoms. The minimum atomic E-state index is -0.774. The summed E-state index contributed by atoms with van der Waals surface area (Å²) in [6.07, 6.45) is 3.65. The SMILES string of the molecule is O=C(c1cc(F)c(Cl)cc1F)N1CCCCC1CCBr. The maximum absolute atomic E-state index is 13.8. The van der Waals surface area contributed by atoms with E-state index in [2.05, 4.69) is 15.9 Å². The van der Waals surface area contributed by atoms with Gasteiger partial charge in [0.1, 0.15) is 11.6 Å². The summed E-state index contributed by atoms with van der Waals surface area (Å²) in [6, 6.07) is 1.82. The molecule has 2 rings (SSSR count). The molecule has 1 atom stereocenters.